The van der Waals surface area contributed by atoms with E-state index in [4.69, 9.17) is 9.47 Å². The number of nitro groups is 1. The highest BCUT2D eigenvalue weighted by Crippen LogP contribution is 2.42. The molecule has 8 nitrogen and oxygen atoms in total. The van der Waals surface area contributed by atoms with Crippen LogP contribution in [0.4, 0.5) is 11.4 Å². The average molecular weight is 538 g/mol. The Morgan fingerprint density at radius 1 is 0.875 bits per heavy atom. The molecule has 0 bridgehead atoms. The van der Waals surface area contributed by atoms with Crippen LogP contribution in [0.1, 0.15) is 48.1 Å². The van der Waals surface area contributed by atoms with Gasteiger partial charge in [0, 0.05) is 18.8 Å². The van der Waals surface area contributed by atoms with Crippen molar-refractivity contribution in [2.24, 2.45) is 0 Å². The zero-order chi connectivity index (χ0) is 28.1. The largest absolute Gasteiger partial charge is 0.454 e. The molecular weight excluding hydrogens is 506 g/mol. The molecule has 0 saturated carbocycles. The van der Waals surface area contributed by atoms with E-state index in [1.165, 1.54) is 6.07 Å². The van der Waals surface area contributed by atoms with E-state index in [0.29, 0.717) is 30.4 Å². The zero-order valence-electron chi connectivity index (χ0n) is 22.4. The first kappa shape index (κ1) is 26.9. The Balaban J connectivity index is 1.61. The number of carbonyl (C=O) groups is 1. The molecule has 0 fully saturated rings. The molecule has 1 N–H and O–H groups in total. The van der Waals surface area contributed by atoms with Crippen molar-refractivity contribution in [1.29, 1.82) is 0 Å². The molecule has 1 aliphatic heterocycles. The minimum Gasteiger partial charge on any atom is -0.454 e. The van der Waals surface area contributed by atoms with Crippen LogP contribution in [0.15, 0.2) is 97.1 Å². The first-order chi connectivity index (χ1) is 19.4. The predicted octanol–water partition coefficient (Wildman–Crippen LogP) is 6.83. The molecule has 0 aliphatic carbocycles. The Bertz CT molecular complexity index is 1430. The van der Waals surface area contributed by atoms with Gasteiger partial charge in [-0.05, 0) is 40.8 Å². The second-order valence-corrected chi connectivity index (χ2v) is 10.1. The fourth-order valence-electron chi connectivity index (χ4n) is 4.86. The van der Waals surface area contributed by atoms with Crippen LogP contribution in [-0.4, -0.2) is 22.5 Å². The third-order valence-electron chi connectivity index (χ3n) is 6.93. The number of carbonyl (C=O) groups excluding carboxylic acids is 1. The Hall–Kier alpha value is -4.69. The summed E-state index contributed by atoms with van der Waals surface area (Å²) >= 11 is 0. The SMILES string of the molecule is CC(C)c1ccc(NC(=O)C(c2cc3c(cc2[N+](=O)[O-])OCO3)N(Cc2ccccc2)Cc2ccccc2)cc1. The van der Waals surface area contributed by atoms with Gasteiger partial charge in [-0.1, -0.05) is 86.6 Å². The van der Waals surface area contributed by atoms with Crippen LogP contribution in [0.3, 0.4) is 0 Å². The molecule has 40 heavy (non-hydrogen) atoms. The maximum Gasteiger partial charge on any atom is 0.278 e. The van der Waals surface area contributed by atoms with Crippen LogP contribution in [0.2, 0.25) is 0 Å². The van der Waals surface area contributed by atoms with Gasteiger partial charge in [-0.3, -0.25) is 19.8 Å². The number of benzene rings is 4. The number of nitrogens with one attached hydrogen (secondary N) is 1. The molecule has 8 heteroatoms. The van der Waals surface area contributed by atoms with Gasteiger partial charge in [0.2, 0.25) is 12.7 Å². The van der Waals surface area contributed by atoms with Crippen LogP contribution in [0.25, 0.3) is 0 Å². The smallest absolute Gasteiger partial charge is 0.278 e. The summed E-state index contributed by atoms with van der Waals surface area (Å²) in [6, 6.07) is 29.1. The van der Waals surface area contributed by atoms with Gasteiger partial charge >= 0.3 is 0 Å². The number of fused-ring (bicyclic) bond motifs is 1. The van der Waals surface area contributed by atoms with Gasteiger partial charge in [-0.15, -0.1) is 0 Å². The van der Waals surface area contributed by atoms with Crippen LogP contribution < -0.4 is 14.8 Å². The van der Waals surface area contributed by atoms with Crippen LogP contribution in [0.5, 0.6) is 11.5 Å². The number of nitrogens with zero attached hydrogens (tertiary/aromatic N) is 2. The maximum absolute atomic E-state index is 14.2. The van der Waals surface area contributed by atoms with Gasteiger partial charge in [-0.25, -0.2) is 0 Å². The first-order valence-electron chi connectivity index (χ1n) is 13.2. The summed E-state index contributed by atoms with van der Waals surface area (Å²) in [4.78, 5) is 28.0. The lowest BCUT2D eigenvalue weighted by molar-refractivity contribution is -0.386. The molecule has 1 aliphatic rings. The molecule has 0 spiro atoms. The van der Waals surface area contributed by atoms with E-state index in [2.05, 4.69) is 19.2 Å². The molecule has 1 atom stereocenters. The Labute approximate surface area is 233 Å². The summed E-state index contributed by atoms with van der Waals surface area (Å²) in [6.45, 7) is 4.94. The number of hydrogen-bond donors (Lipinski definition) is 1. The highest BCUT2D eigenvalue weighted by Gasteiger charge is 2.36. The van der Waals surface area contributed by atoms with Gasteiger partial charge in [-0.2, -0.15) is 0 Å². The third-order valence-corrected chi connectivity index (χ3v) is 6.93. The van der Waals surface area contributed by atoms with Crippen molar-refractivity contribution in [3.8, 4) is 11.5 Å². The summed E-state index contributed by atoms with van der Waals surface area (Å²) < 4.78 is 11.0. The Morgan fingerprint density at radius 2 is 1.43 bits per heavy atom. The molecule has 1 heterocycles. The first-order valence-corrected chi connectivity index (χ1v) is 13.2. The van der Waals surface area contributed by atoms with E-state index in [9.17, 15) is 14.9 Å². The van der Waals surface area contributed by atoms with E-state index in [1.54, 1.807) is 6.07 Å². The summed E-state index contributed by atoms with van der Waals surface area (Å²) in [7, 11) is 0. The van der Waals surface area contributed by atoms with Crippen molar-refractivity contribution < 1.29 is 19.2 Å². The van der Waals surface area contributed by atoms with Crippen molar-refractivity contribution in [3.63, 3.8) is 0 Å². The number of ether oxygens (including phenoxy) is 2. The number of hydrogen-bond acceptors (Lipinski definition) is 6. The van der Waals surface area contributed by atoms with Gasteiger partial charge in [0.1, 0.15) is 6.04 Å². The van der Waals surface area contributed by atoms with Crippen molar-refractivity contribution >= 4 is 17.3 Å². The van der Waals surface area contributed by atoms with E-state index in [1.807, 2.05) is 89.8 Å². The maximum atomic E-state index is 14.2. The molecule has 5 rings (SSSR count). The van der Waals surface area contributed by atoms with Crippen LogP contribution in [0, 0.1) is 10.1 Å². The molecule has 0 radical (unpaired) electrons. The molecule has 4 aromatic carbocycles. The fraction of sp³-hybridized carbons (Fsp3) is 0.219. The summed E-state index contributed by atoms with van der Waals surface area (Å²) in [6.07, 6.45) is 0. The number of rotatable bonds is 10. The predicted molar refractivity (Wildman–Crippen MR) is 153 cm³/mol. The quantitative estimate of drug-likeness (QED) is 0.176. The van der Waals surface area contributed by atoms with Crippen molar-refractivity contribution in [3.05, 3.63) is 129 Å². The van der Waals surface area contributed by atoms with E-state index >= 15 is 0 Å². The molecular formula is C32H31N3O5. The lowest BCUT2D eigenvalue weighted by Crippen LogP contribution is -2.37. The number of amides is 1. The fourth-order valence-corrected chi connectivity index (χ4v) is 4.86. The van der Waals surface area contributed by atoms with Gasteiger partial charge in [0.25, 0.3) is 5.69 Å². The molecule has 0 aromatic heterocycles. The molecule has 4 aromatic rings. The Kier molecular flexibility index (Phi) is 8.07. The second kappa shape index (κ2) is 12.0. The minimum absolute atomic E-state index is 0.0350. The van der Waals surface area contributed by atoms with E-state index < -0.39 is 11.0 Å². The third kappa shape index (κ3) is 6.13. The monoisotopic (exact) mass is 537 g/mol. The Morgan fingerprint density at radius 3 is 1.95 bits per heavy atom. The van der Waals surface area contributed by atoms with E-state index in [0.717, 1.165) is 16.7 Å². The van der Waals surface area contributed by atoms with Gasteiger partial charge in [0.05, 0.1) is 16.6 Å². The van der Waals surface area contributed by atoms with E-state index in [-0.39, 0.29) is 29.7 Å². The standard InChI is InChI=1S/C32H31N3O5/c1-22(2)25-13-15-26(16-14-25)33-32(36)31(27-17-29-30(40-21-39-29)18-28(27)35(37)38)34(19-23-9-5-3-6-10-23)20-24-11-7-4-8-12-24/h3-18,22,31H,19-21H2,1-2H3,(H,33,36). The molecule has 1 amide bonds. The average Bonchev–Trinajstić information content (AvgIpc) is 3.42. The normalized spacial score (nSPS) is 12.9. The number of anilines is 1. The number of nitro benzene ring substituents is 1. The summed E-state index contributed by atoms with van der Waals surface area (Å²) in [5.41, 5.74) is 3.74. The molecule has 1 unspecified atom stereocenters. The molecule has 0 saturated heterocycles. The summed E-state index contributed by atoms with van der Waals surface area (Å²) in [5, 5.41) is 15.3. The topological polar surface area (TPSA) is 93.9 Å². The lowest BCUT2D eigenvalue weighted by Gasteiger charge is -2.31. The zero-order valence-corrected chi connectivity index (χ0v) is 22.4. The minimum atomic E-state index is -1.01. The van der Waals surface area contributed by atoms with Crippen molar-refractivity contribution in [2.45, 2.75) is 38.9 Å². The van der Waals surface area contributed by atoms with Gasteiger partial charge in [0.15, 0.2) is 11.5 Å². The van der Waals surface area contributed by atoms with Crippen LogP contribution >= 0.6 is 0 Å². The van der Waals surface area contributed by atoms with Crippen molar-refractivity contribution in [1.82, 2.24) is 4.90 Å². The van der Waals surface area contributed by atoms with Crippen molar-refractivity contribution in [2.75, 3.05) is 12.1 Å². The summed E-state index contributed by atoms with van der Waals surface area (Å²) in [5.74, 6) is 0.628. The van der Waals surface area contributed by atoms with Crippen LogP contribution in [-0.2, 0) is 17.9 Å². The highest BCUT2D eigenvalue weighted by molar-refractivity contribution is 5.96. The molecule has 204 valence electrons. The lowest BCUT2D eigenvalue weighted by atomic mass is 9.99. The highest BCUT2D eigenvalue weighted by atomic mass is 16.7. The second-order valence-electron chi connectivity index (χ2n) is 10.1. The van der Waals surface area contributed by atoms with Gasteiger partial charge < -0.3 is 14.8 Å².